The molecule has 1 amide bonds. The Balaban J connectivity index is 1.72. The molecule has 144 valence electrons. The maximum absolute atomic E-state index is 13.9. The summed E-state index contributed by atoms with van der Waals surface area (Å²) in [7, 11) is -3.50. The summed E-state index contributed by atoms with van der Waals surface area (Å²) in [6.07, 6.45) is 3.89. The van der Waals surface area contributed by atoms with Crippen LogP contribution in [-0.4, -0.2) is 20.6 Å². The number of hydrogen-bond donors (Lipinski definition) is 1. The fourth-order valence-corrected chi connectivity index (χ4v) is 4.06. The van der Waals surface area contributed by atoms with Gasteiger partial charge in [0.25, 0.3) is 0 Å². The van der Waals surface area contributed by atoms with E-state index in [0.29, 0.717) is 5.02 Å². The largest absolute Gasteiger partial charge is 0.320 e. The van der Waals surface area contributed by atoms with Crippen molar-refractivity contribution in [3.05, 3.63) is 76.4 Å². The first-order chi connectivity index (χ1) is 13.2. The third-order valence-corrected chi connectivity index (χ3v) is 6.24. The number of carbonyl (C=O) groups excluding carboxylic acids is 1. The second-order valence-electron chi connectivity index (χ2n) is 5.95. The molecule has 0 unspecified atom stereocenters. The van der Waals surface area contributed by atoms with E-state index in [1.807, 2.05) is 24.3 Å². The molecule has 0 saturated heterocycles. The predicted octanol–water partition coefficient (Wildman–Crippen LogP) is 5.26. The smallest absolute Gasteiger partial charge is 0.248 e. The molecule has 2 aromatic carbocycles. The Morgan fingerprint density at radius 1 is 1.11 bits per heavy atom. The van der Waals surface area contributed by atoms with E-state index in [9.17, 15) is 17.6 Å². The molecule has 0 aliphatic rings. The van der Waals surface area contributed by atoms with Crippen molar-refractivity contribution < 1.29 is 17.6 Å². The first kappa shape index (κ1) is 20.3. The quantitative estimate of drug-likeness (QED) is 0.439. The third kappa shape index (κ3) is 5.07. The number of benzene rings is 2. The lowest BCUT2D eigenvalue weighted by Crippen LogP contribution is -2.10. The molecule has 0 aliphatic heterocycles. The number of carbonyl (C=O) groups is 1. The fourth-order valence-electron chi connectivity index (χ4n) is 2.37. The van der Waals surface area contributed by atoms with Crippen molar-refractivity contribution >= 4 is 50.4 Å². The minimum absolute atomic E-state index is 0.0703. The van der Waals surface area contributed by atoms with Gasteiger partial charge in [-0.2, -0.15) is 0 Å². The topological polar surface area (TPSA) is 63.2 Å². The molecule has 3 aromatic rings. The standard InChI is InChI=1S/C20H15ClFNO3S2/c1-28(25,26)16-8-9-17(22)18(12-16)23-20(24)11-7-15-6-10-19(27-15)13-2-4-14(21)5-3-13/h2-12H,1H3,(H,23,24)/b11-7+. The van der Waals surface area contributed by atoms with Gasteiger partial charge in [0, 0.05) is 27.1 Å². The van der Waals surface area contributed by atoms with Gasteiger partial charge in [0.2, 0.25) is 5.91 Å². The van der Waals surface area contributed by atoms with Gasteiger partial charge in [-0.25, -0.2) is 12.8 Å². The van der Waals surface area contributed by atoms with Crippen LogP contribution >= 0.6 is 22.9 Å². The summed E-state index contributed by atoms with van der Waals surface area (Å²) >= 11 is 7.37. The molecule has 1 heterocycles. The lowest BCUT2D eigenvalue weighted by Gasteiger charge is -2.06. The van der Waals surface area contributed by atoms with Gasteiger partial charge in [-0.1, -0.05) is 23.7 Å². The molecule has 1 aromatic heterocycles. The highest BCUT2D eigenvalue weighted by Crippen LogP contribution is 2.29. The molecule has 0 bridgehead atoms. The molecule has 0 radical (unpaired) electrons. The Kier molecular flexibility index (Phi) is 5.98. The second kappa shape index (κ2) is 8.26. The lowest BCUT2D eigenvalue weighted by molar-refractivity contribution is -0.111. The maximum Gasteiger partial charge on any atom is 0.248 e. The number of nitrogens with one attached hydrogen (secondary N) is 1. The molecule has 4 nitrogen and oxygen atoms in total. The zero-order valence-electron chi connectivity index (χ0n) is 14.6. The van der Waals surface area contributed by atoms with Gasteiger partial charge in [-0.15, -0.1) is 11.3 Å². The summed E-state index contributed by atoms with van der Waals surface area (Å²) in [5.41, 5.74) is 0.823. The average molecular weight is 436 g/mol. The van der Waals surface area contributed by atoms with Gasteiger partial charge in [-0.3, -0.25) is 4.79 Å². The summed E-state index contributed by atoms with van der Waals surface area (Å²) in [6, 6.07) is 14.5. The van der Waals surface area contributed by atoms with Crippen LogP contribution in [0.15, 0.2) is 65.6 Å². The maximum atomic E-state index is 13.9. The van der Waals surface area contributed by atoms with Gasteiger partial charge in [0.15, 0.2) is 9.84 Å². The number of thiophene rings is 1. The highest BCUT2D eigenvalue weighted by Gasteiger charge is 2.12. The molecule has 0 atom stereocenters. The van der Waals surface area contributed by atoms with Gasteiger partial charge in [0.1, 0.15) is 5.82 Å². The highest BCUT2D eigenvalue weighted by molar-refractivity contribution is 7.90. The summed E-state index contributed by atoms with van der Waals surface area (Å²) < 4.78 is 37.0. The lowest BCUT2D eigenvalue weighted by atomic mass is 10.2. The summed E-state index contributed by atoms with van der Waals surface area (Å²) in [5.74, 6) is -1.28. The van der Waals surface area contributed by atoms with Crippen molar-refractivity contribution in [2.24, 2.45) is 0 Å². The van der Waals surface area contributed by atoms with Crippen molar-refractivity contribution in [2.75, 3.05) is 11.6 Å². The molecule has 0 saturated carbocycles. The Morgan fingerprint density at radius 3 is 2.50 bits per heavy atom. The van der Waals surface area contributed by atoms with Crippen molar-refractivity contribution in [2.45, 2.75) is 4.90 Å². The van der Waals surface area contributed by atoms with Crippen molar-refractivity contribution in [3.63, 3.8) is 0 Å². The van der Waals surface area contributed by atoms with Crippen molar-refractivity contribution in [3.8, 4) is 10.4 Å². The Hall–Kier alpha value is -2.48. The Labute approximate surface area is 171 Å². The number of amides is 1. The normalized spacial score (nSPS) is 11.7. The summed E-state index contributed by atoms with van der Waals surface area (Å²) in [4.78, 5) is 13.9. The van der Waals surface area contributed by atoms with Crippen LogP contribution in [0.4, 0.5) is 10.1 Å². The predicted molar refractivity (Wildman–Crippen MR) is 112 cm³/mol. The first-order valence-corrected chi connectivity index (χ1v) is 11.2. The van der Waals surface area contributed by atoms with E-state index in [-0.39, 0.29) is 10.6 Å². The number of rotatable bonds is 5. The molecule has 8 heteroatoms. The van der Waals surface area contributed by atoms with Crippen LogP contribution in [0, 0.1) is 5.82 Å². The van der Waals surface area contributed by atoms with E-state index in [2.05, 4.69) is 5.32 Å². The molecule has 0 aliphatic carbocycles. The second-order valence-corrected chi connectivity index (χ2v) is 9.51. The fraction of sp³-hybridized carbons (Fsp3) is 0.0500. The van der Waals surface area contributed by atoms with Crippen molar-refractivity contribution in [1.82, 2.24) is 0 Å². The van der Waals surface area contributed by atoms with Crippen LogP contribution in [0.3, 0.4) is 0 Å². The van der Waals surface area contributed by atoms with Crippen LogP contribution in [0.2, 0.25) is 5.02 Å². The molecule has 1 N–H and O–H groups in total. The minimum atomic E-state index is -3.50. The summed E-state index contributed by atoms with van der Waals surface area (Å²) in [6.45, 7) is 0. The van der Waals surface area contributed by atoms with Gasteiger partial charge < -0.3 is 5.32 Å². The number of anilines is 1. The van der Waals surface area contributed by atoms with Crippen LogP contribution in [0.1, 0.15) is 4.88 Å². The van der Waals surface area contributed by atoms with Crippen LogP contribution in [0.25, 0.3) is 16.5 Å². The SMILES string of the molecule is CS(=O)(=O)c1ccc(F)c(NC(=O)/C=C/c2ccc(-c3ccc(Cl)cc3)s2)c1. The minimum Gasteiger partial charge on any atom is -0.320 e. The molecule has 28 heavy (non-hydrogen) atoms. The highest BCUT2D eigenvalue weighted by atomic mass is 35.5. The van der Waals surface area contributed by atoms with E-state index in [0.717, 1.165) is 39.8 Å². The zero-order chi connectivity index (χ0) is 20.3. The number of halogens is 2. The van der Waals surface area contributed by atoms with E-state index in [1.54, 1.807) is 18.2 Å². The third-order valence-electron chi connectivity index (χ3n) is 3.78. The zero-order valence-corrected chi connectivity index (χ0v) is 17.0. The molecular weight excluding hydrogens is 421 g/mol. The van der Waals surface area contributed by atoms with Gasteiger partial charge >= 0.3 is 0 Å². The van der Waals surface area contributed by atoms with Crippen molar-refractivity contribution in [1.29, 1.82) is 0 Å². The van der Waals surface area contributed by atoms with Gasteiger partial charge in [-0.05, 0) is 54.1 Å². The van der Waals surface area contributed by atoms with E-state index in [4.69, 9.17) is 11.6 Å². The van der Waals surface area contributed by atoms with E-state index in [1.165, 1.54) is 17.4 Å². The molecular formula is C20H15ClFNO3S2. The molecule has 0 spiro atoms. The van der Waals surface area contributed by atoms with E-state index >= 15 is 0 Å². The monoisotopic (exact) mass is 435 g/mol. The van der Waals surface area contributed by atoms with Crippen LogP contribution in [-0.2, 0) is 14.6 Å². The average Bonchev–Trinajstić information content (AvgIpc) is 3.10. The van der Waals surface area contributed by atoms with Crippen LogP contribution < -0.4 is 5.32 Å². The molecule has 0 fully saturated rings. The summed E-state index contributed by atoms with van der Waals surface area (Å²) in [5, 5.41) is 3.02. The number of sulfone groups is 1. The first-order valence-electron chi connectivity index (χ1n) is 8.07. The number of hydrogen-bond acceptors (Lipinski definition) is 4. The Bertz CT molecular complexity index is 1150. The van der Waals surface area contributed by atoms with Crippen LogP contribution in [0.5, 0.6) is 0 Å². The molecule has 3 rings (SSSR count). The van der Waals surface area contributed by atoms with Gasteiger partial charge in [0.05, 0.1) is 10.6 Å². The van der Waals surface area contributed by atoms with E-state index < -0.39 is 21.6 Å². The Morgan fingerprint density at radius 2 is 1.82 bits per heavy atom.